The highest BCUT2D eigenvalue weighted by atomic mass is 16.1. The van der Waals surface area contributed by atoms with E-state index in [2.05, 4.69) is 17.9 Å². The van der Waals surface area contributed by atoms with Crippen molar-refractivity contribution < 1.29 is 4.79 Å². The van der Waals surface area contributed by atoms with Crippen LogP contribution in [0.15, 0.2) is 12.2 Å². The van der Waals surface area contributed by atoms with Crippen LogP contribution in [0.3, 0.4) is 0 Å². The first kappa shape index (κ1) is 15.3. The van der Waals surface area contributed by atoms with E-state index in [0.717, 1.165) is 5.92 Å². The van der Waals surface area contributed by atoms with Crippen molar-refractivity contribution in [3.63, 3.8) is 0 Å². The van der Waals surface area contributed by atoms with Crippen LogP contribution < -0.4 is 0 Å². The maximum absolute atomic E-state index is 12.0. The third-order valence-electron chi connectivity index (χ3n) is 6.19. The first-order chi connectivity index (χ1) is 10.3. The second-order valence-electron chi connectivity index (χ2n) is 7.44. The third kappa shape index (κ3) is 2.97. The molecule has 3 rings (SSSR count). The topological polar surface area (TPSA) is 20.3 Å². The predicted octanol–water partition coefficient (Wildman–Crippen LogP) is 4.49. The van der Waals surface area contributed by atoms with Gasteiger partial charge in [0.05, 0.1) is 6.54 Å². The van der Waals surface area contributed by atoms with Gasteiger partial charge in [0, 0.05) is 11.6 Å². The summed E-state index contributed by atoms with van der Waals surface area (Å²) in [5.41, 5.74) is 0.250. The zero-order valence-electron chi connectivity index (χ0n) is 13.7. The number of unbranched alkanes of at least 4 members (excludes halogenated alkanes) is 3. The number of carbonyl (C=O) groups excluding carboxylic acids is 1. The number of rotatable bonds is 5. The molecule has 0 aromatic rings. The van der Waals surface area contributed by atoms with Crippen molar-refractivity contribution >= 4 is 5.78 Å². The van der Waals surface area contributed by atoms with Gasteiger partial charge in [0.1, 0.15) is 0 Å². The van der Waals surface area contributed by atoms with Crippen LogP contribution in [-0.2, 0) is 4.79 Å². The van der Waals surface area contributed by atoms with Gasteiger partial charge in [-0.25, -0.2) is 0 Å². The van der Waals surface area contributed by atoms with E-state index in [4.69, 9.17) is 0 Å². The first-order valence-electron chi connectivity index (χ1n) is 9.25. The summed E-state index contributed by atoms with van der Waals surface area (Å²) in [7, 11) is 0. The summed E-state index contributed by atoms with van der Waals surface area (Å²) in [6.45, 7) is 2.96. The minimum atomic E-state index is 0.250. The maximum Gasteiger partial charge on any atom is 0.169 e. The molecule has 1 saturated heterocycles. The summed E-state index contributed by atoms with van der Waals surface area (Å²) >= 11 is 0. The number of hydrogen-bond donors (Lipinski definition) is 0. The van der Waals surface area contributed by atoms with Crippen LogP contribution in [0, 0.1) is 5.92 Å². The molecule has 0 amide bonds. The van der Waals surface area contributed by atoms with Gasteiger partial charge in [-0.3, -0.25) is 9.69 Å². The van der Waals surface area contributed by atoms with Gasteiger partial charge in [0.15, 0.2) is 5.78 Å². The van der Waals surface area contributed by atoms with Crippen LogP contribution >= 0.6 is 0 Å². The lowest BCUT2D eigenvalue weighted by atomic mass is 9.64. The standard InChI is InChI=1S/C19H31NO/c1-2-3-4-5-9-17-11-10-16-8-6-7-13-19(16)14-12-18(21)15-20(17)19/h12,14,16-17H,2-11,13,15H2,1H3/t16-,17-,19-/m0/s1. The molecule has 0 aromatic heterocycles. The summed E-state index contributed by atoms with van der Waals surface area (Å²) < 4.78 is 0. The third-order valence-corrected chi connectivity index (χ3v) is 6.19. The number of hydrogen-bond acceptors (Lipinski definition) is 2. The minimum absolute atomic E-state index is 0.250. The van der Waals surface area contributed by atoms with Crippen molar-refractivity contribution in [3.8, 4) is 0 Å². The van der Waals surface area contributed by atoms with E-state index in [9.17, 15) is 4.79 Å². The molecule has 1 aliphatic carbocycles. The van der Waals surface area contributed by atoms with E-state index in [1.54, 1.807) is 0 Å². The van der Waals surface area contributed by atoms with Crippen LogP contribution in [0.5, 0.6) is 0 Å². The zero-order chi connectivity index (χ0) is 14.7. The Bertz CT molecular complexity index is 402. The smallest absolute Gasteiger partial charge is 0.169 e. The Hall–Kier alpha value is -0.630. The molecule has 3 atom stereocenters. The summed E-state index contributed by atoms with van der Waals surface area (Å²) in [5.74, 6) is 1.13. The molecule has 0 unspecified atom stereocenters. The molecule has 0 aromatic carbocycles. The van der Waals surface area contributed by atoms with Crippen molar-refractivity contribution in [1.82, 2.24) is 4.90 Å². The number of nitrogens with zero attached hydrogens (tertiary/aromatic N) is 1. The summed E-state index contributed by atoms with van der Waals surface area (Å²) in [6.07, 6.45) is 19.0. The molecule has 118 valence electrons. The largest absolute Gasteiger partial charge is 0.293 e. The number of piperidine rings is 1. The monoisotopic (exact) mass is 289 g/mol. The molecule has 0 radical (unpaired) electrons. The Morgan fingerprint density at radius 2 is 2.10 bits per heavy atom. The lowest BCUT2D eigenvalue weighted by Crippen LogP contribution is -2.63. The molecule has 2 heterocycles. The van der Waals surface area contributed by atoms with Gasteiger partial charge < -0.3 is 0 Å². The molecular formula is C19H31NO. The van der Waals surface area contributed by atoms with Crippen LogP contribution in [0.1, 0.15) is 77.6 Å². The summed E-state index contributed by atoms with van der Waals surface area (Å²) in [6, 6.07) is 0.658. The Morgan fingerprint density at radius 1 is 1.19 bits per heavy atom. The molecule has 2 heteroatoms. The van der Waals surface area contributed by atoms with Gasteiger partial charge >= 0.3 is 0 Å². The van der Waals surface area contributed by atoms with E-state index < -0.39 is 0 Å². The molecule has 2 nitrogen and oxygen atoms in total. The van der Waals surface area contributed by atoms with Gasteiger partial charge in [0.25, 0.3) is 0 Å². The van der Waals surface area contributed by atoms with Crippen molar-refractivity contribution in [2.75, 3.05) is 6.54 Å². The van der Waals surface area contributed by atoms with Gasteiger partial charge in [-0.2, -0.15) is 0 Å². The zero-order valence-corrected chi connectivity index (χ0v) is 13.7. The quantitative estimate of drug-likeness (QED) is 0.695. The fourth-order valence-corrected chi connectivity index (χ4v) is 5.07. The summed E-state index contributed by atoms with van der Waals surface area (Å²) in [4.78, 5) is 14.6. The molecule has 21 heavy (non-hydrogen) atoms. The highest BCUT2D eigenvalue weighted by Gasteiger charge is 2.50. The SMILES string of the molecule is CCCCCC[C@H]1CC[C@@H]2CCCC[C@]23C=CC(=O)CN13. The van der Waals surface area contributed by atoms with Crippen LogP contribution in [0.25, 0.3) is 0 Å². The van der Waals surface area contributed by atoms with E-state index in [1.165, 1.54) is 70.6 Å². The Morgan fingerprint density at radius 3 is 2.95 bits per heavy atom. The lowest BCUT2D eigenvalue weighted by Gasteiger charge is -2.57. The Balaban J connectivity index is 1.73. The number of carbonyl (C=O) groups is 1. The molecule has 1 spiro atoms. The average molecular weight is 289 g/mol. The van der Waals surface area contributed by atoms with Gasteiger partial charge in [0.2, 0.25) is 0 Å². The molecule has 2 fully saturated rings. The molecule has 3 aliphatic rings. The molecule has 1 saturated carbocycles. The molecule has 0 N–H and O–H groups in total. The highest BCUT2D eigenvalue weighted by Crippen LogP contribution is 2.48. The van der Waals surface area contributed by atoms with Gasteiger partial charge in [-0.05, 0) is 44.1 Å². The molecular weight excluding hydrogens is 258 g/mol. The van der Waals surface area contributed by atoms with E-state index >= 15 is 0 Å². The second-order valence-corrected chi connectivity index (χ2v) is 7.44. The van der Waals surface area contributed by atoms with Crippen LogP contribution in [0.4, 0.5) is 0 Å². The maximum atomic E-state index is 12.0. The summed E-state index contributed by atoms with van der Waals surface area (Å²) in [5, 5.41) is 0. The van der Waals surface area contributed by atoms with Crippen molar-refractivity contribution in [2.45, 2.75) is 89.1 Å². The molecule has 0 bridgehead atoms. The lowest BCUT2D eigenvalue weighted by molar-refractivity contribution is -0.124. The van der Waals surface area contributed by atoms with Gasteiger partial charge in [-0.15, -0.1) is 0 Å². The van der Waals surface area contributed by atoms with E-state index in [0.29, 0.717) is 18.4 Å². The predicted molar refractivity (Wildman–Crippen MR) is 87.3 cm³/mol. The van der Waals surface area contributed by atoms with Gasteiger partial charge in [-0.1, -0.05) is 51.5 Å². The fourth-order valence-electron chi connectivity index (χ4n) is 5.07. The van der Waals surface area contributed by atoms with E-state index in [-0.39, 0.29) is 5.54 Å². The fraction of sp³-hybridized carbons (Fsp3) is 0.842. The van der Waals surface area contributed by atoms with Crippen LogP contribution in [-0.4, -0.2) is 28.8 Å². The van der Waals surface area contributed by atoms with Crippen LogP contribution in [0.2, 0.25) is 0 Å². The van der Waals surface area contributed by atoms with Crippen molar-refractivity contribution in [2.24, 2.45) is 5.92 Å². The van der Waals surface area contributed by atoms with E-state index in [1.807, 2.05) is 6.08 Å². The average Bonchev–Trinajstić information content (AvgIpc) is 2.51. The minimum Gasteiger partial charge on any atom is -0.293 e. The van der Waals surface area contributed by atoms with Crippen molar-refractivity contribution in [1.29, 1.82) is 0 Å². The normalized spacial score (nSPS) is 36.3. The first-order valence-corrected chi connectivity index (χ1v) is 9.25. The highest BCUT2D eigenvalue weighted by molar-refractivity contribution is 5.92. The number of ketones is 1. The molecule has 2 aliphatic heterocycles. The Kier molecular flexibility index (Phi) is 4.83. The van der Waals surface area contributed by atoms with Crippen molar-refractivity contribution in [3.05, 3.63) is 12.2 Å². The Labute approximate surface area is 130 Å². The second kappa shape index (κ2) is 6.64.